The Labute approximate surface area is 96.1 Å². The van der Waals surface area contributed by atoms with E-state index in [1.165, 1.54) is 10.9 Å². The van der Waals surface area contributed by atoms with E-state index in [-0.39, 0.29) is 5.78 Å². The van der Waals surface area contributed by atoms with E-state index >= 15 is 0 Å². The standard InChI is InChI=1S/C15H16O/c1-10(2)14-6-4-5-13-9-12(11(3)16)7-8-15(13)14/h4-10H,1-3H3. The molecule has 2 aromatic carbocycles. The number of Topliss-reactive ketones (excluding diaryl/α,β-unsaturated/α-hetero) is 1. The molecular weight excluding hydrogens is 196 g/mol. The van der Waals surface area contributed by atoms with Crippen LogP contribution in [0.1, 0.15) is 42.6 Å². The predicted octanol–water partition coefficient (Wildman–Crippen LogP) is 4.17. The second kappa shape index (κ2) is 4.09. The Morgan fingerprint density at radius 1 is 1.12 bits per heavy atom. The fourth-order valence-corrected chi connectivity index (χ4v) is 2.03. The third kappa shape index (κ3) is 1.85. The summed E-state index contributed by atoms with van der Waals surface area (Å²) in [5.74, 6) is 0.628. The molecule has 82 valence electrons. The molecule has 0 spiro atoms. The molecule has 0 amide bonds. The second-order valence-electron chi connectivity index (χ2n) is 4.49. The van der Waals surface area contributed by atoms with Crippen molar-refractivity contribution in [3.63, 3.8) is 0 Å². The van der Waals surface area contributed by atoms with Gasteiger partial charge in [-0.15, -0.1) is 0 Å². The van der Waals surface area contributed by atoms with Gasteiger partial charge < -0.3 is 0 Å². The minimum Gasteiger partial charge on any atom is -0.295 e. The van der Waals surface area contributed by atoms with Gasteiger partial charge in [-0.05, 0) is 35.2 Å². The summed E-state index contributed by atoms with van der Waals surface area (Å²) in [6, 6.07) is 12.2. The van der Waals surface area contributed by atoms with Crippen molar-refractivity contribution < 1.29 is 4.79 Å². The van der Waals surface area contributed by atoms with Gasteiger partial charge in [-0.1, -0.05) is 44.2 Å². The van der Waals surface area contributed by atoms with Crippen molar-refractivity contribution >= 4 is 16.6 Å². The summed E-state index contributed by atoms with van der Waals surface area (Å²) < 4.78 is 0. The first-order valence-electron chi connectivity index (χ1n) is 5.63. The van der Waals surface area contributed by atoms with Crippen LogP contribution in [0.2, 0.25) is 0 Å². The van der Waals surface area contributed by atoms with Gasteiger partial charge in [-0.25, -0.2) is 0 Å². The number of rotatable bonds is 2. The molecule has 0 radical (unpaired) electrons. The molecule has 2 aromatic rings. The number of ketones is 1. The van der Waals surface area contributed by atoms with Crippen LogP contribution < -0.4 is 0 Å². The number of hydrogen-bond acceptors (Lipinski definition) is 1. The monoisotopic (exact) mass is 212 g/mol. The zero-order valence-electron chi connectivity index (χ0n) is 9.95. The second-order valence-corrected chi connectivity index (χ2v) is 4.49. The summed E-state index contributed by atoms with van der Waals surface area (Å²) in [6.07, 6.45) is 0. The van der Waals surface area contributed by atoms with E-state index in [0.29, 0.717) is 5.92 Å². The minimum atomic E-state index is 0.122. The van der Waals surface area contributed by atoms with Crippen LogP contribution in [-0.4, -0.2) is 5.78 Å². The smallest absolute Gasteiger partial charge is 0.159 e. The number of carbonyl (C=O) groups is 1. The Morgan fingerprint density at radius 2 is 1.88 bits per heavy atom. The van der Waals surface area contributed by atoms with Gasteiger partial charge in [0.2, 0.25) is 0 Å². The Bertz CT molecular complexity index is 538. The highest BCUT2D eigenvalue weighted by atomic mass is 16.1. The summed E-state index contributed by atoms with van der Waals surface area (Å²) in [4.78, 5) is 11.3. The van der Waals surface area contributed by atoms with Crippen molar-refractivity contribution in [2.45, 2.75) is 26.7 Å². The SMILES string of the molecule is CC(=O)c1ccc2c(C(C)C)cccc2c1. The quantitative estimate of drug-likeness (QED) is 0.683. The molecule has 1 nitrogen and oxygen atoms in total. The van der Waals surface area contributed by atoms with Crippen LogP contribution in [0.5, 0.6) is 0 Å². The van der Waals surface area contributed by atoms with Gasteiger partial charge in [0.05, 0.1) is 0 Å². The molecule has 16 heavy (non-hydrogen) atoms. The van der Waals surface area contributed by atoms with Crippen LogP contribution in [0.15, 0.2) is 36.4 Å². The maximum atomic E-state index is 11.3. The highest BCUT2D eigenvalue weighted by Gasteiger charge is 2.06. The van der Waals surface area contributed by atoms with E-state index in [4.69, 9.17) is 0 Å². The molecule has 0 aliphatic rings. The number of benzene rings is 2. The van der Waals surface area contributed by atoms with Crippen LogP contribution in [-0.2, 0) is 0 Å². The van der Waals surface area contributed by atoms with Gasteiger partial charge in [0.1, 0.15) is 0 Å². The number of fused-ring (bicyclic) bond motifs is 1. The van der Waals surface area contributed by atoms with E-state index in [2.05, 4.69) is 38.1 Å². The molecule has 0 aliphatic carbocycles. The predicted molar refractivity (Wildman–Crippen MR) is 68.0 cm³/mol. The van der Waals surface area contributed by atoms with Crippen LogP contribution in [0, 0.1) is 0 Å². The van der Waals surface area contributed by atoms with Crippen molar-refractivity contribution in [2.24, 2.45) is 0 Å². The highest BCUT2D eigenvalue weighted by molar-refractivity contribution is 5.99. The first kappa shape index (κ1) is 10.9. The molecule has 0 heterocycles. The van der Waals surface area contributed by atoms with Gasteiger partial charge in [-0.2, -0.15) is 0 Å². The molecule has 0 fully saturated rings. The van der Waals surface area contributed by atoms with Crippen molar-refractivity contribution in [3.8, 4) is 0 Å². The van der Waals surface area contributed by atoms with Gasteiger partial charge in [-0.3, -0.25) is 4.79 Å². The van der Waals surface area contributed by atoms with Crippen LogP contribution in [0.4, 0.5) is 0 Å². The Morgan fingerprint density at radius 3 is 2.50 bits per heavy atom. The Hall–Kier alpha value is -1.63. The van der Waals surface area contributed by atoms with E-state index < -0.39 is 0 Å². The van der Waals surface area contributed by atoms with E-state index in [9.17, 15) is 4.79 Å². The molecule has 0 saturated carbocycles. The summed E-state index contributed by atoms with van der Waals surface area (Å²) in [6.45, 7) is 5.98. The van der Waals surface area contributed by atoms with Crippen LogP contribution in [0.3, 0.4) is 0 Å². The Balaban J connectivity index is 2.68. The van der Waals surface area contributed by atoms with Crippen molar-refractivity contribution in [3.05, 3.63) is 47.5 Å². The molecule has 0 N–H and O–H groups in total. The van der Waals surface area contributed by atoms with Gasteiger partial charge in [0.25, 0.3) is 0 Å². The summed E-state index contributed by atoms with van der Waals surface area (Å²) in [5.41, 5.74) is 2.13. The fourth-order valence-electron chi connectivity index (χ4n) is 2.03. The number of hydrogen-bond donors (Lipinski definition) is 0. The van der Waals surface area contributed by atoms with Crippen molar-refractivity contribution in [1.82, 2.24) is 0 Å². The summed E-state index contributed by atoms with van der Waals surface area (Å²) in [7, 11) is 0. The molecule has 0 aromatic heterocycles. The molecule has 0 unspecified atom stereocenters. The van der Waals surface area contributed by atoms with Gasteiger partial charge >= 0.3 is 0 Å². The number of carbonyl (C=O) groups excluding carboxylic acids is 1. The average Bonchev–Trinajstić information content (AvgIpc) is 2.27. The zero-order chi connectivity index (χ0) is 11.7. The summed E-state index contributed by atoms with van der Waals surface area (Å²) >= 11 is 0. The lowest BCUT2D eigenvalue weighted by molar-refractivity contribution is 0.101. The molecule has 1 heteroatoms. The third-order valence-electron chi connectivity index (χ3n) is 2.94. The molecule has 0 saturated heterocycles. The van der Waals surface area contributed by atoms with Crippen LogP contribution >= 0.6 is 0 Å². The first-order valence-corrected chi connectivity index (χ1v) is 5.63. The van der Waals surface area contributed by atoms with E-state index in [0.717, 1.165) is 10.9 Å². The van der Waals surface area contributed by atoms with Gasteiger partial charge in [0, 0.05) is 5.56 Å². The fraction of sp³-hybridized carbons (Fsp3) is 0.267. The maximum absolute atomic E-state index is 11.3. The topological polar surface area (TPSA) is 17.1 Å². The largest absolute Gasteiger partial charge is 0.295 e. The lowest BCUT2D eigenvalue weighted by atomic mass is 9.94. The highest BCUT2D eigenvalue weighted by Crippen LogP contribution is 2.26. The molecule has 2 rings (SSSR count). The van der Waals surface area contributed by atoms with E-state index in [1.54, 1.807) is 6.92 Å². The molecule has 0 bridgehead atoms. The van der Waals surface area contributed by atoms with Crippen molar-refractivity contribution in [1.29, 1.82) is 0 Å². The maximum Gasteiger partial charge on any atom is 0.159 e. The normalized spacial score (nSPS) is 11.0. The molecule has 0 aliphatic heterocycles. The van der Waals surface area contributed by atoms with Crippen LogP contribution in [0.25, 0.3) is 10.8 Å². The Kier molecular flexibility index (Phi) is 2.78. The third-order valence-corrected chi connectivity index (χ3v) is 2.94. The zero-order valence-corrected chi connectivity index (χ0v) is 9.95. The first-order chi connectivity index (χ1) is 7.59. The van der Waals surface area contributed by atoms with E-state index in [1.807, 2.05) is 12.1 Å². The molecule has 0 atom stereocenters. The summed E-state index contributed by atoms with van der Waals surface area (Å²) in [5, 5.41) is 2.40. The van der Waals surface area contributed by atoms with Crippen molar-refractivity contribution in [2.75, 3.05) is 0 Å². The lowest BCUT2D eigenvalue weighted by Gasteiger charge is -2.10. The minimum absolute atomic E-state index is 0.122. The molecular formula is C15H16O. The lowest BCUT2D eigenvalue weighted by Crippen LogP contribution is -1.93. The van der Waals surface area contributed by atoms with Gasteiger partial charge in [0.15, 0.2) is 5.78 Å². The average molecular weight is 212 g/mol.